The van der Waals surface area contributed by atoms with Crippen LogP contribution in [0.5, 0.6) is 0 Å². The molecule has 1 saturated heterocycles. The Bertz CT molecular complexity index is 268. The van der Waals surface area contributed by atoms with Crippen molar-refractivity contribution in [2.75, 3.05) is 26.4 Å². The Kier molecular flexibility index (Phi) is 15.8. The summed E-state index contributed by atoms with van der Waals surface area (Å²) >= 11 is 0. The standard InChI is InChI=1S/C6H10O2.C5H8O2.CHNO/c1-2-3-7-4-6-5-8-6;1-3-5(6)7-4-2;2-1-3/h2,6H,1,3-5H2;3H,1,4H2,2H3;2H. The highest BCUT2D eigenvalue weighted by molar-refractivity contribution is 5.81. The summed E-state index contributed by atoms with van der Waals surface area (Å²) in [4.78, 5) is 18.4. The van der Waals surface area contributed by atoms with Gasteiger partial charge < -0.3 is 14.2 Å². The molecule has 6 heteroatoms. The molecule has 1 atom stereocenters. The van der Waals surface area contributed by atoms with Gasteiger partial charge in [-0.3, -0.25) is 0 Å². The lowest BCUT2D eigenvalue weighted by Crippen LogP contribution is -2.00. The molecule has 0 radical (unpaired) electrons. The summed E-state index contributed by atoms with van der Waals surface area (Å²) in [7, 11) is 0. The fourth-order valence-corrected chi connectivity index (χ4v) is 0.648. The Labute approximate surface area is 107 Å². The van der Waals surface area contributed by atoms with E-state index in [4.69, 9.17) is 19.7 Å². The number of hydrogen-bond acceptors (Lipinski definition) is 6. The van der Waals surface area contributed by atoms with Gasteiger partial charge in [0.15, 0.2) is 0 Å². The molecule has 1 fully saturated rings. The fraction of sp³-hybridized carbons (Fsp3) is 0.500. The van der Waals surface area contributed by atoms with E-state index in [1.807, 2.05) is 0 Å². The first-order valence-corrected chi connectivity index (χ1v) is 5.29. The van der Waals surface area contributed by atoms with Crippen molar-refractivity contribution in [3.05, 3.63) is 25.3 Å². The van der Waals surface area contributed by atoms with E-state index in [1.54, 1.807) is 13.0 Å². The minimum absolute atomic E-state index is 0.359. The summed E-state index contributed by atoms with van der Waals surface area (Å²) in [6.07, 6.45) is 4.02. The van der Waals surface area contributed by atoms with Crippen LogP contribution in [0.3, 0.4) is 0 Å². The predicted octanol–water partition coefficient (Wildman–Crippen LogP) is 1.22. The SMILES string of the molecule is C=CC(=O)OCC.C=CCOCC1CO1.N=C=O. The van der Waals surface area contributed by atoms with Crippen LogP contribution in [0.25, 0.3) is 0 Å². The van der Waals surface area contributed by atoms with Crippen LogP contribution in [0, 0.1) is 5.41 Å². The van der Waals surface area contributed by atoms with Crippen molar-refractivity contribution in [2.24, 2.45) is 0 Å². The van der Waals surface area contributed by atoms with Crippen molar-refractivity contribution < 1.29 is 23.8 Å². The van der Waals surface area contributed by atoms with Crippen molar-refractivity contribution in [1.82, 2.24) is 0 Å². The second-order valence-electron chi connectivity index (χ2n) is 2.84. The third-order valence-electron chi connectivity index (χ3n) is 1.40. The van der Waals surface area contributed by atoms with E-state index in [2.05, 4.69) is 17.9 Å². The number of carbonyl (C=O) groups excluding carboxylic acids is 2. The Morgan fingerprint density at radius 2 is 2.17 bits per heavy atom. The summed E-state index contributed by atoms with van der Waals surface area (Å²) in [5.41, 5.74) is 0. The lowest BCUT2D eigenvalue weighted by Gasteiger charge is -1.92. The quantitative estimate of drug-likeness (QED) is 0.147. The van der Waals surface area contributed by atoms with Crippen molar-refractivity contribution in [2.45, 2.75) is 13.0 Å². The van der Waals surface area contributed by atoms with Crippen molar-refractivity contribution in [3.8, 4) is 0 Å². The molecule has 0 bridgehead atoms. The predicted molar refractivity (Wildman–Crippen MR) is 66.0 cm³/mol. The van der Waals surface area contributed by atoms with E-state index < -0.39 is 0 Å². The molecule has 0 aromatic carbocycles. The molecule has 1 aliphatic rings. The Balaban J connectivity index is 0. The zero-order chi connectivity index (χ0) is 14.2. The second kappa shape index (κ2) is 15.2. The van der Waals surface area contributed by atoms with Crippen LogP contribution >= 0.6 is 0 Å². The Morgan fingerprint density at radius 1 is 1.61 bits per heavy atom. The maximum atomic E-state index is 10.1. The van der Waals surface area contributed by atoms with Gasteiger partial charge in [0.05, 0.1) is 26.4 Å². The normalized spacial score (nSPS) is 14.6. The average Bonchev–Trinajstić information content (AvgIpc) is 3.16. The maximum absolute atomic E-state index is 10.1. The van der Waals surface area contributed by atoms with Gasteiger partial charge in [0, 0.05) is 6.08 Å². The molecule has 1 N–H and O–H groups in total. The van der Waals surface area contributed by atoms with E-state index in [-0.39, 0.29) is 5.97 Å². The molecule has 6 nitrogen and oxygen atoms in total. The number of isocyanates is 1. The molecule has 0 aromatic heterocycles. The summed E-state index contributed by atoms with van der Waals surface area (Å²) < 4.78 is 14.4. The molecule has 18 heavy (non-hydrogen) atoms. The molecule has 0 aromatic rings. The second-order valence-corrected chi connectivity index (χ2v) is 2.84. The minimum atomic E-state index is -0.359. The van der Waals surface area contributed by atoms with E-state index in [1.165, 1.54) is 0 Å². The monoisotopic (exact) mass is 257 g/mol. The van der Waals surface area contributed by atoms with Crippen LogP contribution in [0.15, 0.2) is 25.3 Å². The molecule has 0 saturated carbocycles. The smallest absolute Gasteiger partial charge is 0.330 e. The number of rotatable bonds is 6. The topological polar surface area (TPSA) is 89.0 Å². The molecule has 1 heterocycles. The van der Waals surface area contributed by atoms with Crippen LogP contribution < -0.4 is 0 Å². The van der Waals surface area contributed by atoms with Crippen LogP contribution in [-0.2, 0) is 23.8 Å². The van der Waals surface area contributed by atoms with E-state index in [9.17, 15) is 4.79 Å². The van der Waals surface area contributed by atoms with Gasteiger partial charge in [0.25, 0.3) is 0 Å². The highest BCUT2D eigenvalue weighted by Crippen LogP contribution is 2.07. The number of nitrogens with one attached hydrogen (secondary N) is 1. The summed E-state index contributed by atoms with van der Waals surface area (Å²) in [5, 5.41) is 5.40. The van der Waals surface area contributed by atoms with E-state index >= 15 is 0 Å². The van der Waals surface area contributed by atoms with E-state index in [0.29, 0.717) is 19.3 Å². The van der Waals surface area contributed by atoms with Crippen LogP contribution in [0.2, 0.25) is 0 Å². The molecule has 102 valence electrons. The van der Waals surface area contributed by atoms with Gasteiger partial charge in [-0.1, -0.05) is 12.7 Å². The number of carbonyl (C=O) groups is 1. The molecular formula is C12H19NO5. The molecule has 0 spiro atoms. The molecule has 0 aliphatic carbocycles. The van der Waals surface area contributed by atoms with Crippen LogP contribution in [0.1, 0.15) is 6.92 Å². The fourth-order valence-electron chi connectivity index (χ4n) is 0.648. The molecule has 1 rings (SSSR count). The van der Waals surface area contributed by atoms with E-state index in [0.717, 1.165) is 25.4 Å². The van der Waals surface area contributed by atoms with Gasteiger partial charge in [-0.15, -0.1) is 6.58 Å². The van der Waals surface area contributed by atoms with Crippen molar-refractivity contribution >= 4 is 12.0 Å². The Hall–Kier alpha value is -1.75. The molecule has 0 amide bonds. The van der Waals surface area contributed by atoms with Crippen LogP contribution in [0.4, 0.5) is 0 Å². The highest BCUT2D eigenvalue weighted by atomic mass is 16.6. The largest absolute Gasteiger partial charge is 0.463 e. The maximum Gasteiger partial charge on any atom is 0.330 e. The third kappa shape index (κ3) is 19.8. The first kappa shape index (κ1) is 18.6. The third-order valence-corrected chi connectivity index (χ3v) is 1.40. The average molecular weight is 257 g/mol. The Morgan fingerprint density at radius 3 is 2.44 bits per heavy atom. The summed E-state index contributed by atoms with van der Waals surface area (Å²) in [6, 6.07) is 0. The lowest BCUT2D eigenvalue weighted by molar-refractivity contribution is -0.137. The number of ether oxygens (including phenoxy) is 3. The van der Waals surface area contributed by atoms with Crippen molar-refractivity contribution in [1.29, 1.82) is 5.41 Å². The van der Waals surface area contributed by atoms with Gasteiger partial charge in [-0.05, 0) is 6.92 Å². The zero-order valence-electron chi connectivity index (χ0n) is 10.5. The number of hydrogen-bond donors (Lipinski definition) is 1. The minimum Gasteiger partial charge on any atom is -0.463 e. The molecular weight excluding hydrogens is 238 g/mol. The molecule has 1 aliphatic heterocycles. The zero-order valence-corrected chi connectivity index (χ0v) is 10.5. The van der Waals surface area contributed by atoms with Crippen molar-refractivity contribution in [3.63, 3.8) is 0 Å². The number of esters is 1. The first-order chi connectivity index (χ1) is 8.65. The van der Waals surface area contributed by atoms with Gasteiger partial charge in [0.2, 0.25) is 6.08 Å². The molecule has 1 unspecified atom stereocenters. The number of epoxide rings is 1. The lowest BCUT2D eigenvalue weighted by atomic mass is 10.5. The summed E-state index contributed by atoms with van der Waals surface area (Å²) in [6.45, 7) is 11.1. The van der Waals surface area contributed by atoms with Gasteiger partial charge in [-0.25, -0.2) is 15.0 Å². The van der Waals surface area contributed by atoms with Gasteiger partial charge >= 0.3 is 5.97 Å². The van der Waals surface area contributed by atoms with Gasteiger partial charge in [-0.2, -0.15) is 0 Å². The van der Waals surface area contributed by atoms with Crippen LogP contribution in [-0.4, -0.2) is 44.6 Å². The first-order valence-electron chi connectivity index (χ1n) is 5.29. The van der Waals surface area contributed by atoms with Gasteiger partial charge in [0.1, 0.15) is 6.10 Å². The highest BCUT2D eigenvalue weighted by Gasteiger charge is 2.21. The summed E-state index contributed by atoms with van der Waals surface area (Å²) in [5.74, 6) is -0.359.